The maximum atomic E-state index is 11.5. The Bertz CT molecular complexity index is 553. The third kappa shape index (κ3) is 37.9. The molecule has 0 bridgehead atoms. The van der Waals surface area contributed by atoms with Crippen LogP contribution in [0.25, 0.3) is 0 Å². The van der Waals surface area contributed by atoms with Gasteiger partial charge in [0.05, 0.1) is 26.4 Å². The Morgan fingerprint density at radius 3 is 0.682 bits per heavy atom. The van der Waals surface area contributed by atoms with Gasteiger partial charge in [-0.3, -0.25) is 19.2 Å². The molecule has 0 fully saturated rings. The topological polar surface area (TPSA) is 105 Å². The molecular formula is C36H68O8. The second-order valence-corrected chi connectivity index (χ2v) is 11.5. The first kappa shape index (κ1) is 44.0. The summed E-state index contributed by atoms with van der Waals surface area (Å²) in [6, 6.07) is 0. The highest BCUT2D eigenvalue weighted by Crippen LogP contribution is 2.07. The van der Waals surface area contributed by atoms with Crippen LogP contribution in [0.15, 0.2) is 0 Å². The smallest absolute Gasteiger partial charge is 0.305 e. The summed E-state index contributed by atoms with van der Waals surface area (Å²) in [5.74, 6) is -0.595. The predicted octanol–water partition coefficient (Wildman–Crippen LogP) is 9.59. The molecule has 44 heavy (non-hydrogen) atoms. The molecule has 0 saturated heterocycles. The van der Waals surface area contributed by atoms with Crippen LogP contribution in [0.2, 0.25) is 0 Å². The Hall–Kier alpha value is -2.12. The average Bonchev–Trinajstić information content (AvgIpc) is 3.01. The summed E-state index contributed by atoms with van der Waals surface area (Å²) in [6.45, 7) is 10.7. The second-order valence-electron chi connectivity index (χ2n) is 11.5. The standard InChI is InChI=1S/2C18H34O4/c2*1-3-5-7-11-15-21-17(19)13-9-10-14-18(20)22-16-12-8-6-4-2/h2*3-16H2,1-2H3. The first-order valence-electron chi connectivity index (χ1n) is 18.0. The number of hydrogen-bond donors (Lipinski definition) is 0. The van der Waals surface area contributed by atoms with Crippen molar-refractivity contribution in [1.82, 2.24) is 0 Å². The lowest BCUT2D eigenvalue weighted by Crippen LogP contribution is -2.08. The van der Waals surface area contributed by atoms with Gasteiger partial charge in [-0.05, 0) is 51.4 Å². The molecule has 0 N–H and O–H groups in total. The number of esters is 4. The van der Waals surface area contributed by atoms with Crippen LogP contribution in [-0.4, -0.2) is 50.3 Å². The van der Waals surface area contributed by atoms with E-state index < -0.39 is 0 Å². The molecule has 260 valence electrons. The number of carbonyl (C=O) groups is 4. The van der Waals surface area contributed by atoms with Crippen molar-refractivity contribution < 1.29 is 38.1 Å². The summed E-state index contributed by atoms with van der Waals surface area (Å²) in [6.07, 6.45) is 22.1. The molecule has 0 saturated carbocycles. The van der Waals surface area contributed by atoms with E-state index in [-0.39, 0.29) is 23.9 Å². The van der Waals surface area contributed by atoms with E-state index >= 15 is 0 Å². The van der Waals surface area contributed by atoms with Crippen molar-refractivity contribution in [3.05, 3.63) is 0 Å². The van der Waals surface area contributed by atoms with Crippen molar-refractivity contribution >= 4 is 23.9 Å². The summed E-state index contributed by atoms with van der Waals surface area (Å²) >= 11 is 0. The van der Waals surface area contributed by atoms with E-state index in [1.165, 1.54) is 51.4 Å². The van der Waals surface area contributed by atoms with Gasteiger partial charge in [0, 0.05) is 25.7 Å². The Morgan fingerprint density at radius 1 is 0.295 bits per heavy atom. The summed E-state index contributed by atoms with van der Waals surface area (Å²) < 4.78 is 20.6. The molecule has 0 aromatic rings. The fourth-order valence-corrected chi connectivity index (χ4v) is 4.23. The zero-order valence-corrected chi connectivity index (χ0v) is 29.1. The number of rotatable bonds is 30. The fourth-order valence-electron chi connectivity index (χ4n) is 4.23. The van der Waals surface area contributed by atoms with Crippen LogP contribution in [0.3, 0.4) is 0 Å². The molecule has 0 unspecified atom stereocenters. The number of carbonyl (C=O) groups excluding carboxylic acids is 4. The van der Waals surface area contributed by atoms with Gasteiger partial charge in [-0.1, -0.05) is 105 Å². The van der Waals surface area contributed by atoms with Gasteiger partial charge < -0.3 is 18.9 Å². The van der Waals surface area contributed by atoms with Crippen molar-refractivity contribution in [2.24, 2.45) is 0 Å². The molecule has 0 atom stereocenters. The molecule has 0 spiro atoms. The minimum absolute atomic E-state index is 0.149. The van der Waals surface area contributed by atoms with Crippen molar-refractivity contribution in [2.75, 3.05) is 26.4 Å². The SMILES string of the molecule is CCCCCCOC(=O)CCCCC(=O)OCCCCCC.CCCCCCOC(=O)CCCCC(=O)OCCCCCC. The monoisotopic (exact) mass is 628 g/mol. The second kappa shape index (κ2) is 37.1. The van der Waals surface area contributed by atoms with Crippen LogP contribution in [0.5, 0.6) is 0 Å². The molecule has 8 heteroatoms. The lowest BCUT2D eigenvalue weighted by molar-refractivity contribution is -0.146. The minimum atomic E-state index is -0.149. The van der Waals surface area contributed by atoms with Gasteiger partial charge in [0.15, 0.2) is 0 Å². The van der Waals surface area contributed by atoms with Gasteiger partial charge in [-0.15, -0.1) is 0 Å². The number of unbranched alkanes of at least 4 members (excludes halogenated alkanes) is 14. The molecule has 0 aliphatic carbocycles. The Kier molecular flexibility index (Phi) is 37.1. The lowest BCUT2D eigenvalue weighted by Gasteiger charge is -2.05. The van der Waals surface area contributed by atoms with Crippen molar-refractivity contribution in [1.29, 1.82) is 0 Å². The van der Waals surface area contributed by atoms with Crippen LogP contribution in [0.4, 0.5) is 0 Å². The molecule has 0 aromatic carbocycles. The molecule has 0 aliphatic heterocycles. The van der Waals surface area contributed by atoms with Gasteiger partial charge in [0.25, 0.3) is 0 Å². The van der Waals surface area contributed by atoms with Gasteiger partial charge in [-0.25, -0.2) is 0 Å². The first-order chi connectivity index (χ1) is 21.4. The maximum Gasteiger partial charge on any atom is 0.305 e. The van der Waals surface area contributed by atoms with Crippen molar-refractivity contribution in [3.8, 4) is 0 Å². The molecule has 0 aliphatic rings. The molecular weight excluding hydrogens is 560 g/mol. The highest BCUT2D eigenvalue weighted by molar-refractivity contribution is 5.71. The fraction of sp³-hybridized carbons (Fsp3) is 0.889. The van der Waals surface area contributed by atoms with Crippen LogP contribution < -0.4 is 0 Å². The van der Waals surface area contributed by atoms with Crippen molar-refractivity contribution in [2.45, 2.75) is 182 Å². The highest BCUT2D eigenvalue weighted by atomic mass is 16.5. The third-order valence-corrected chi connectivity index (χ3v) is 7.07. The van der Waals surface area contributed by atoms with E-state index in [9.17, 15) is 19.2 Å². The molecule has 8 nitrogen and oxygen atoms in total. The van der Waals surface area contributed by atoms with Gasteiger partial charge in [-0.2, -0.15) is 0 Å². The predicted molar refractivity (Wildman–Crippen MR) is 177 cm³/mol. The summed E-state index contributed by atoms with van der Waals surface area (Å²) in [7, 11) is 0. The van der Waals surface area contributed by atoms with Crippen molar-refractivity contribution in [3.63, 3.8) is 0 Å². The Labute approximate surface area is 270 Å². The van der Waals surface area contributed by atoms with E-state index in [0.717, 1.165) is 51.4 Å². The van der Waals surface area contributed by atoms with E-state index in [1.807, 2.05) is 0 Å². The first-order valence-corrected chi connectivity index (χ1v) is 18.0. The van der Waals surface area contributed by atoms with E-state index in [4.69, 9.17) is 18.9 Å². The zero-order chi connectivity index (χ0) is 32.9. The van der Waals surface area contributed by atoms with Crippen LogP contribution in [0.1, 0.15) is 182 Å². The Morgan fingerprint density at radius 2 is 0.500 bits per heavy atom. The minimum Gasteiger partial charge on any atom is -0.466 e. The highest BCUT2D eigenvalue weighted by Gasteiger charge is 2.07. The summed E-state index contributed by atoms with van der Waals surface area (Å²) in [5, 5.41) is 0. The van der Waals surface area contributed by atoms with Crippen LogP contribution in [-0.2, 0) is 38.1 Å². The molecule has 0 radical (unpaired) electrons. The lowest BCUT2D eigenvalue weighted by atomic mass is 10.2. The average molecular weight is 629 g/mol. The van der Waals surface area contributed by atoms with Gasteiger partial charge in [0.1, 0.15) is 0 Å². The van der Waals surface area contributed by atoms with Gasteiger partial charge >= 0.3 is 23.9 Å². The van der Waals surface area contributed by atoms with Crippen LogP contribution in [0, 0.1) is 0 Å². The molecule has 0 rings (SSSR count). The summed E-state index contributed by atoms with van der Waals surface area (Å²) in [4.78, 5) is 45.8. The third-order valence-electron chi connectivity index (χ3n) is 7.07. The molecule has 0 heterocycles. The largest absolute Gasteiger partial charge is 0.466 e. The van der Waals surface area contributed by atoms with Crippen LogP contribution >= 0.6 is 0 Å². The molecule has 0 aromatic heterocycles. The Balaban J connectivity index is 0. The zero-order valence-electron chi connectivity index (χ0n) is 29.1. The number of hydrogen-bond acceptors (Lipinski definition) is 8. The van der Waals surface area contributed by atoms with Gasteiger partial charge in [0.2, 0.25) is 0 Å². The van der Waals surface area contributed by atoms with E-state index in [2.05, 4.69) is 27.7 Å². The number of ether oxygens (including phenoxy) is 4. The normalized spacial score (nSPS) is 10.5. The van der Waals surface area contributed by atoms with E-state index in [1.54, 1.807) is 0 Å². The summed E-state index contributed by atoms with van der Waals surface area (Å²) in [5.41, 5.74) is 0. The maximum absolute atomic E-state index is 11.5. The quantitative estimate of drug-likeness (QED) is 0.0440. The molecule has 0 amide bonds. The van der Waals surface area contributed by atoms with E-state index in [0.29, 0.717) is 77.8 Å².